The fourth-order valence-corrected chi connectivity index (χ4v) is 8.30. The molecule has 142 valence electrons. The van der Waals surface area contributed by atoms with Gasteiger partial charge in [-0.1, -0.05) is 81.4 Å². The Kier molecular flexibility index (Phi) is 7.44. The Bertz CT molecular complexity index is 615. The lowest BCUT2D eigenvalue weighted by Gasteiger charge is -2.44. The number of hydrogen-bond donors (Lipinski definition) is 1. The Morgan fingerprint density at radius 2 is 1.54 bits per heavy atom. The molecule has 1 aliphatic heterocycles. The lowest BCUT2D eigenvalue weighted by Crippen LogP contribution is -2.67. The zero-order valence-corrected chi connectivity index (χ0v) is 17.7. The van der Waals surface area contributed by atoms with Gasteiger partial charge < -0.3 is 14.5 Å². The van der Waals surface area contributed by atoms with Crippen molar-refractivity contribution >= 4 is 31.1 Å². The molecule has 3 nitrogen and oxygen atoms in total. The molecule has 26 heavy (non-hydrogen) atoms. The van der Waals surface area contributed by atoms with E-state index in [1.807, 2.05) is 0 Å². The van der Waals surface area contributed by atoms with E-state index in [0.29, 0.717) is 6.61 Å². The standard InChI is InChI=1S/C21H29NO2Si.ClH/c1-21(2,3)25(19-10-6-4-7-11-19,20-12-8-5-9-13-20)24-17-18-16-22-14-15-23-18;/h4-13,18,22H,14-17H2,1-3H3;1H. The van der Waals surface area contributed by atoms with Gasteiger partial charge >= 0.3 is 0 Å². The van der Waals surface area contributed by atoms with E-state index in [9.17, 15) is 0 Å². The summed E-state index contributed by atoms with van der Waals surface area (Å²) in [4.78, 5) is 0. The third kappa shape index (κ3) is 4.38. The predicted molar refractivity (Wildman–Crippen MR) is 113 cm³/mol. The maximum atomic E-state index is 6.88. The largest absolute Gasteiger partial charge is 0.405 e. The van der Waals surface area contributed by atoms with E-state index in [4.69, 9.17) is 9.16 Å². The van der Waals surface area contributed by atoms with E-state index >= 15 is 0 Å². The lowest BCUT2D eigenvalue weighted by molar-refractivity contribution is -0.00208. The summed E-state index contributed by atoms with van der Waals surface area (Å²) in [5, 5.41) is 6.05. The van der Waals surface area contributed by atoms with Gasteiger partial charge in [0, 0.05) is 13.1 Å². The molecule has 0 radical (unpaired) electrons. The van der Waals surface area contributed by atoms with Crippen LogP contribution in [-0.4, -0.2) is 40.7 Å². The van der Waals surface area contributed by atoms with Crippen molar-refractivity contribution in [1.82, 2.24) is 5.32 Å². The molecule has 1 aliphatic rings. The third-order valence-electron chi connectivity index (χ3n) is 4.91. The van der Waals surface area contributed by atoms with Crippen molar-refractivity contribution in [2.24, 2.45) is 0 Å². The Hall–Kier alpha value is -1.17. The number of halogens is 1. The predicted octanol–water partition coefficient (Wildman–Crippen LogP) is 2.97. The van der Waals surface area contributed by atoms with E-state index in [0.717, 1.165) is 19.7 Å². The molecular formula is C21H30ClNO2Si. The van der Waals surface area contributed by atoms with E-state index in [-0.39, 0.29) is 23.5 Å². The van der Waals surface area contributed by atoms with Crippen molar-refractivity contribution in [3.63, 3.8) is 0 Å². The molecule has 5 heteroatoms. The fourth-order valence-electron chi connectivity index (χ4n) is 3.71. The summed E-state index contributed by atoms with van der Waals surface area (Å²) in [6.07, 6.45) is 0.121. The van der Waals surface area contributed by atoms with Gasteiger partial charge in [0.1, 0.15) is 0 Å². The van der Waals surface area contributed by atoms with Crippen LogP contribution in [0.5, 0.6) is 0 Å². The minimum absolute atomic E-state index is 0. The number of ether oxygens (including phenoxy) is 1. The average Bonchev–Trinajstić information content (AvgIpc) is 2.64. The minimum Gasteiger partial charge on any atom is -0.405 e. The highest BCUT2D eigenvalue weighted by Crippen LogP contribution is 2.36. The zero-order chi connectivity index (χ0) is 17.8. The second kappa shape index (κ2) is 9.15. The molecule has 1 saturated heterocycles. The molecule has 1 fully saturated rings. The molecule has 1 heterocycles. The van der Waals surface area contributed by atoms with Gasteiger partial charge in [0.05, 0.1) is 19.3 Å². The van der Waals surface area contributed by atoms with Crippen LogP contribution in [-0.2, 0) is 9.16 Å². The first-order valence-corrected chi connectivity index (χ1v) is 11.0. The fraction of sp³-hybridized carbons (Fsp3) is 0.429. The Labute approximate surface area is 164 Å². The topological polar surface area (TPSA) is 30.5 Å². The summed E-state index contributed by atoms with van der Waals surface area (Å²) in [5.41, 5.74) is 0. The summed E-state index contributed by atoms with van der Waals surface area (Å²) in [5.74, 6) is 0. The van der Waals surface area contributed by atoms with Crippen LogP contribution in [0.3, 0.4) is 0 Å². The minimum atomic E-state index is -2.44. The van der Waals surface area contributed by atoms with Gasteiger partial charge in [0.25, 0.3) is 8.32 Å². The second-order valence-electron chi connectivity index (χ2n) is 7.67. The molecule has 0 saturated carbocycles. The molecule has 0 amide bonds. The van der Waals surface area contributed by atoms with Crippen molar-refractivity contribution in [2.75, 3.05) is 26.3 Å². The molecular weight excluding hydrogens is 362 g/mol. The lowest BCUT2D eigenvalue weighted by atomic mass is 10.2. The third-order valence-corrected chi connectivity index (χ3v) is 9.91. The summed E-state index contributed by atoms with van der Waals surface area (Å²) >= 11 is 0. The van der Waals surface area contributed by atoms with Crippen molar-refractivity contribution in [3.8, 4) is 0 Å². The van der Waals surface area contributed by atoms with Gasteiger partial charge in [-0.2, -0.15) is 0 Å². The number of hydrogen-bond acceptors (Lipinski definition) is 3. The summed E-state index contributed by atoms with van der Waals surface area (Å²) in [7, 11) is -2.44. The Morgan fingerprint density at radius 1 is 1.00 bits per heavy atom. The molecule has 1 N–H and O–H groups in total. The van der Waals surface area contributed by atoms with Gasteiger partial charge in [-0.25, -0.2) is 0 Å². The van der Waals surface area contributed by atoms with Gasteiger partial charge in [0.2, 0.25) is 0 Å². The van der Waals surface area contributed by atoms with Crippen LogP contribution in [0.25, 0.3) is 0 Å². The van der Waals surface area contributed by atoms with Crippen molar-refractivity contribution in [1.29, 1.82) is 0 Å². The van der Waals surface area contributed by atoms with Crippen molar-refractivity contribution in [3.05, 3.63) is 60.7 Å². The van der Waals surface area contributed by atoms with Gasteiger partial charge in [-0.3, -0.25) is 0 Å². The molecule has 0 aliphatic carbocycles. The van der Waals surface area contributed by atoms with Crippen LogP contribution >= 0.6 is 12.4 Å². The van der Waals surface area contributed by atoms with Crippen LogP contribution in [0.15, 0.2) is 60.7 Å². The number of morpholine rings is 1. The quantitative estimate of drug-likeness (QED) is 0.795. The van der Waals surface area contributed by atoms with Crippen LogP contribution in [0.1, 0.15) is 20.8 Å². The number of rotatable bonds is 5. The van der Waals surface area contributed by atoms with Gasteiger partial charge in [-0.05, 0) is 15.4 Å². The van der Waals surface area contributed by atoms with Crippen LogP contribution in [0.4, 0.5) is 0 Å². The van der Waals surface area contributed by atoms with E-state index < -0.39 is 8.32 Å². The van der Waals surface area contributed by atoms with Gasteiger partial charge in [0.15, 0.2) is 0 Å². The highest BCUT2D eigenvalue weighted by Gasteiger charge is 2.50. The average molecular weight is 392 g/mol. The number of benzene rings is 2. The Balaban J connectivity index is 0.00000243. The van der Waals surface area contributed by atoms with Crippen molar-refractivity contribution < 1.29 is 9.16 Å². The number of nitrogens with one attached hydrogen (secondary N) is 1. The highest BCUT2D eigenvalue weighted by molar-refractivity contribution is 6.99. The molecule has 0 spiro atoms. The monoisotopic (exact) mass is 391 g/mol. The van der Waals surface area contributed by atoms with E-state index in [1.165, 1.54) is 10.4 Å². The first kappa shape index (κ1) is 21.1. The first-order chi connectivity index (χ1) is 12.0. The molecule has 3 rings (SSSR count). The molecule has 1 unspecified atom stereocenters. The smallest absolute Gasteiger partial charge is 0.261 e. The Morgan fingerprint density at radius 3 is 1.96 bits per heavy atom. The molecule has 0 aromatic heterocycles. The molecule has 2 aromatic carbocycles. The van der Waals surface area contributed by atoms with E-state index in [2.05, 4.69) is 86.8 Å². The van der Waals surface area contributed by atoms with Crippen molar-refractivity contribution in [2.45, 2.75) is 31.9 Å². The molecule has 1 atom stereocenters. The van der Waals surface area contributed by atoms with Crippen LogP contribution in [0.2, 0.25) is 5.04 Å². The first-order valence-electron chi connectivity index (χ1n) is 9.11. The maximum absolute atomic E-state index is 6.88. The summed E-state index contributed by atoms with van der Waals surface area (Å²) in [6.45, 7) is 10.1. The summed E-state index contributed by atoms with van der Waals surface area (Å²) in [6, 6.07) is 21.5. The highest BCUT2D eigenvalue weighted by atomic mass is 35.5. The summed E-state index contributed by atoms with van der Waals surface area (Å²) < 4.78 is 12.8. The molecule has 0 bridgehead atoms. The van der Waals surface area contributed by atoms with Gasteiger partial charge in [-0.15, -0.1) is 12.4 Å². The maximum Gasteiger partial charge on any atom is 0.261 e. The zero-order valence-electron chi connectivity index (χ0n) is 15.9. The van der Waals surface area contributed by atoms with Crippen LogP contribution < -0.4 is 15.7 Å². The second-order valence-corrected chi connectivity index (χ2v) is 12.0. The van der Waals surface area contributed by atoms with Crippen LogP contribution in [0, 0.1) is 0 Å². The SMILES string of the molecule is CC(C)(C)[Si](OCC1CNCCO1)(c1ccccc1)c1ccccc1.Cl. The molecule has 2 aromatic rings. The normalized spacial score (nSPS) is 18.2. The van der Waals surface area contributed by atoms with E-state index in [1.54, 1.807) is 0 Å².